The number of carbonyl (C=O) groups is 3. The summed E-state index contributed by atoms with van der Waals surface area (Å²) in [4.78, 5) is 37.7. The first-order chi connectivity index (χ1) is 14.9. The van der Waals surface area contributed by atoms with E-state index in [2.05, 4.69) is 21.2 Å². The number of nitrogens with zero attached hydrogens (tertiary/aromatic N) is 1. The molecule has 1 N–H and O–H groups in total. The first-order valence-corrected chi connectivity index (χ1v) is 10.3. The zero-order chi connectivity index (χ0) is 22.4. The van der Waals surface area contributed by atoms with Crippen LogP contribution in [-0.4, -0.2) is 43.1 Å². The SMILES string of the molecule is CCOC(=O)COc1c(Br)cc(/C=C2\NC(=O)N(Cc3ccccc3)C2=O)cc1OC. The van der Waals surface area contributed by atoms with Gasteiger partial charge in [-0.25, -0.2) is 9.59 Å². The first kappa shape index (κ1) is 22.4. The molecule has 0 radical (unpaired) electrons. The summed E-state index contributed by atoms with van der Waals surface area (Å²) in [6.45, 7) is 1.87. The van der Waals surface area contributed by atoms with Crippen LogP contribution >= 0.6 is 15.9 Å². The number of methoxy groups -OCH3 is 1. The summed E-state index contributed by atoms with van der Waals surface area (Å²) in [5, 5.41) is 2.60. The maximum atomic E-state index is 12.7. The molecule has 0 unspecified atom stereocenters. The largest absolute Gasteiger partial charge is 0.493 e. The van der Waals surface area contributed by atoms with E-state index in [1.807, 2.05) is 30.3 Å². The van der Waals surface area contributed by atoms with Gasteiger partial charge in [0.05, 0.1) is 24.7 Å². The van der Waals surface area contributed by atoms with E-state index in [4.69, 9.17) is 14.2 Å². The van der Waals surface area contributed by atoms with Crippen molar-refractivity contribution >= 4 is 39.9 Å². The Morgan fingerprint density at radius 3 is 2.61 bits per heavy atom. The van der Waals surface area contributed by atoms with Crippen molar-refractivity contribution in [2.24, 2.45) is 0 Å². The van der Waals surface area contributed by atoms with Crippen molar-refractivity contribution in [1.29, 1.82) is 0 Å². The molecular weight excluding hydrogens is 468 g/mol. The van der Waals surface area contributed by atoms with E-state index >= 15 is 0 Å². The molecule has 0 aliphatic carbocycles. The Morgan fingerprint density at radius 1 is 1.19 bits per heavy atom. The number of rotatable bonds is 8. The summed E-state index contributed by atoms with van der Waals surface area (Å²) in [6.07, 6.45) is 1.55. The number of halogens is 1. The summed E-state index contributed by atoms with van der Waals surface area (Å²) in [6, 6.07) is 12.1. The molecule has 0 atom stereocenters. The van der Waals surface area contributed by atoms with E-state index in [0.717, 1.165) is 10.5 Å². The van der Waals surface area contributed by atoms with Crippen LogP contribution in [-0.2, 0) is 20.9 Å². The summed E-state index contributed by atoms with van der Waals surface area (Å²) >= 11 is 3.39. The smallest absolute Gasteiger partial charge is 0.344 e. The average Bonchev–Trinajstić information content (AvgIpc) is 3.01. The second kappa shape index (κ2) is 10.1. The maximum Gasteiger partial charge on any atom is 0.344 e. The van der Waals surface area contributed by atoms with Crippen molar-refractivity contribution in [2.45, 2.75) is 13.5 Å². The molecule has 0 spiro atoms. The molecule has 1 fully saturated rings. The van der Waals surface area contributed by atoms with E-state index in [-0.39, 0.29) is 25.5 Å². The highest BCUT2D eigenvalue weighted by Gasteiger charge is 2.33. The van der Waals surface area contributed by atoms with Gasteiger partial charge in [-0.05, 0) is 52.2 Å². The van der Waals surface area contributed by atoms with Gasteiger partial charge in [-0.3, -0.25) is 9.69 Å². The monoisotopic (exact) mass is 488 g/mol. The third kappa shape index (κ3) is 5.43. The Balaban J connectivity index is 1.79. The quantitative estimate of drug-likeness (QED) is 0.347. The van der Waals surface area contributed by atoms with E-state index in [1.165, 1.54) is 7.11 Å². The Labute approximate surface area is 187 Å². The number of esters is 1. The van der Waals surface area contributed by atoms with Gasteiger partial charge in [0, 0.05) is 0 Å². The molecule has 1 aliphatic rings. The van der Waals surface area contributed by atoms with Crippen molar-refractivity contribution in [3.63, 3.8) is 0 Å². The minimum absolute atomic E-state index is 0.148. The number of ether oxygens (including phenoxy) is 3. The van der Waals surface area contributed by atoms with Gasteiger partial charge in [0.15, 0.2) is 18.1 Å². The van der Waals surface area contributed by atoms with Crippen LogP contribution in [0.2, 0.25) is 0 Å². The molecule has 0 aromatic heterocycles. The van der Waals surface area contributed by atoms with E-state index in [9.17, 15) is 14.4 Å². The highest BCUT2D eigenvalue weighted by molar-refractivity contribution is 9.10. The van der Waals surface area contributed by atoms with Crippen LogP contribution < -0.4 is 14.8 Å². The molecule has 0 bridgehead atoms. The zero-order valence-electron chi connectivity index (χ0n) is 17.0. The Morgan fingerprint density at radius 2 is 1.94 bits per heavy atom. The molecule has 9 heteroatoms. The van der Waals surface area contributed by atoms with E-state index in [0.29, 0.717) is 21.5 Å². The van der Waals surface area contributed by atoms with Gasteiger partial charge in [0.1, 0.15) is 5.70 Å². The summed E-state index contributed by atoms with van der Waals surface area (Å²) < 4.78 is 16.2. The molecule has 3 amide bonds. The lowest BCUT2D eigenvalue weighted by molar-refractivity contribution is -0.145. The van der Waals surface area contributed by atoms with Crippen molar-refractivity contribution in [3.05, 3.63) is 63.8 Å². The van der Waals surface area contributed by atoms with Crippen LogP contribution in [0.3, 0.4) is 0 Å². The second-order valence-corrected chi connectivity index (χ2v) is 7.35. The number of nitrogens with one attached hydrogen (secondary N) is 1. The molecule has 2 aromatic rings. The Bertz CT molecular complexity index is 1020. The number of hydrogen-bond donors (Lipinski definition) is 1. The van der Waals surface area contributed by atoms with E-state index < -0.39 is 17.9 Å². The van der Waals surface area contributed by atoms with Crippen molar-refractivity contribution in [2.75, 3.05) is 20.3 Å². The Kier molecular flexibility index (Phi) is 7.30. The lowest BCUT2D eigenvalue weighted by Crippen LogP contribution is -2.30. The number of imide groups is 1. The topological polar surface area (TPSA) is 94.2 Å². The van der Waals surface area contributed by atoms with Crippen LogP contribution in [0.1, 0.15) is 18.1 Å². The lowest BCUT2D eigenvalue weighted by Gasteiger charge is -2.13. The van der Waals surface area contributed by atoms with Gasteiger partial charge in [0.25, 0.3) is 5.91 Å². The molecule has 3 rings (SSSR count). The average molecular weight is 489 g/mol. The molecule has 2 aromatic carbocycles. The lowest BCUT2D eigenvalue weighted by atomic mass is 10.1. The number of urea groups is 1. The standard InChI is InChI=1S/C22H21BrN2O6/c1-3-30-19(26)13-31-20-16(23)9-15(11-18(20)29-2)10-17-21(27)25(22(28)24-17)12-14-7-5-4-6-8-14/h4-11H,3,12-13H2,1-2H3,(H,24,28)/b17-10-. The number of benzene rings is 2. The van der Waals surface area contributed by atoms with Gasteiger partial charge in [-0.15, -0.1) is 0 Å². The predicted molar refractivity (Wildman–Crippen MR) is 116 cm³/mol. The van der Waals surface area contributed by atoms with Gasteiger partial charge in [-0.2, -0.15) is 0 Å². The summed E-state index contributed by atoms with van der Waals surface area (Å²) in [5.41, 5.74) is 1.59. The number of hydrogen-bond acceptors (Lipinski definition) is 6. The number of amides is 3. The molecule has 0 saturated carbocycles. The van der Waals surface area contributed by atoms with Crippen LogP contribution in [0.25, 0.3) is 6.08 Å². The number of carbonyl (C=O) groups excluding carboxylic acids is 3. The second-order valence-electron chi connectivity index (χ2n) is 6.49. The minimum Gasteiger partial charge on any atom is -0.493 e. The summed E-state index contributed by atoms with van der Waals surface area (Å²) in [5.74, 6) is -0.249. The fourth-order valence-electron chi connectivity index (χ4n) is 2.94. The molecular formula is C22H21BrN2O6. The van der Waals surface area contributed by atoms with Crippen LogP contribution in [0, 0.1) is 0 Å². The zero-order valence-corrected chi connectivity index (χ0v) is 18.6. The molecule has 8 nitrogen and oxygen atoms in total. The first-order valence-electron chi connectivity index (χ1n) is 9.47. The normalized spacial score (nSPS) is 14.5. The molecule has 31 heavy (non-hydrogen) atoms. The fraction of sp³-hybridized carbons (Fsp3) is 0.227. The summed E-state index contributed by atoms with van der Waals surface area (Å²) in [7, 11) is 1.46. The van der Waals surface area contributed by atoms with Crippen LogP contribution in [0.5, 0.6) is 11.5 Å². The molecule has 1 aliphatic heterocycles. The third-order valence-electron chi connectivity index (χ3n) is 4.35. The van der Waals surface area contributed by atoms with E-state index in [1.54, 1.807) is 25.1 Å². The van der Waals surface area contributed by atoms with Crippen molar-refractivity contribution in [1.82, 2.24) is 10.2 Å². The maximum absolute atomic E-state index is 12.7. The van der Waals surface area contributed by atoms with Gasteiger partial charge < -0.3 is 19.5 Å². The molecule has 1 heterocycles. The van der Waals surface area contributed by atoms with Crippen LogP contribution in [0.4, 0.5) is 4.79 Å². The van der Waals surface area contributed by atoms with Crippen molar-refractivity contribution in [3.8, 4) is 11.5 Å². The Hall–Kier alpha value is -3.33. The van der Waals surface area contributed by atoms with Crippen molar-refractivity contribution < 1.29 is 28.6 Å². The van der Waals surface area contributed by atoms with Crippen LogP contribution in [0.15, 0.2) is 52.6 Å². The molecule has 162 valence electrons. The minimum atomic E-state index is -0.500. The third-order valence-corrected chi connectivity index (χ3v) is 4.94. The predicted octanol–water partition coefficient (Wildman–Crippen LogP) is 3.49. The van der Waals surface area contributed by atoms with Gasteiger partial charge >= 0.3 is 12.0 Å². The highest BCUT2D eigenvalue weighted by Crippen LogP contribution is 2.37. The van der Waals surface area contributed by atoms with Gasteiger partial charge in [-0.1, -0.05) is 30.3 Å². The fourth-order valence-corrected chi connectivity index (χ4v) is 3.52. The highest BCUT2D eigenvalue weighted by atomic mass is 79.9. The van der Waals surface area contributed by atoms with Gasteiger partial charge in [0.2, 0.25) is 0 Å². The molecule has 1 saturated heterocycles.